The molecule has 0 saturated heterocycles. The van der Waals surface area contributed by atoms with Gasteiger partial charge in [0.25, 0.3) is 0 Å². The van der Waals surface area contributed by atoms with E-state index in [9.17, 15) is 54.0 Å². The molecule has 4 bridgehead atoms. The molecule has 69 heavy (non-hydrogen) atoms. The first-order valence-corrected chi connectivity index (χ1v) is 25.2. The summed E-state index contributed by atoms with van der Waals surface area (Å²) in [6, 6.07) is 3.39. The van der Waals surface area contributed by atoms with Gasteiger partial charge in [0.2, 0.25) is 29.5 Å². The van der Waals surface area contributed by atoms with Crippen LogP contribution in [0.4, 0.5) is 0 Å². The second-order valence-electron chi connectivity index (χ2n) is 19.3. The molecule has 0 radical (unpaired) electrons. The van der Waals surface area contributed by atoms with Crippen molar-refractivity contribution in [2.24, 2.45) is 11.8 Å². The highest BCUT2D eigenvalue weighted by atomic mass is 16.3. The Morgan fingerprint density at radius 3 is 1.84 bits per heavy atom. The summed E-state index contributed by atoms with van der Waals surface area (Å²) in [5.41, 5.74) is 1.07. The van der Waals surface area contributed by atoms with Crippen LogP contribution < -0.4 is 16.0 Å². The Balaban J connectivity index is 1.66. The van der Waals surface area contributed by atoms with E-state index in [1.165, 1.54) is 115 Å². The van der Waals surface area contributed by atoms with Crippen LogP contribution in [-0.4, -0.2) is 123 Å². The minimum absolute atomic E-state index is 0.0264. The normalized spacial score (nSPS) is 17.5. The maximum absolute atomic E-state index is 14.3. The lowest BCUT2D eigenvalue weighted by molar-refractivity contribution is -0.142. The number of nitrogens with one attached hydrogen (secondary N) is 3. The number of unbranched alkanes of at least 4 members (excludes halogenated alkanes) is 12. The van der Waals surface area contributed by atoms with Crippen molar-refractivity contribution in [2.75, 3.05) is 27.3 Å². The molecule has 1 aliphatic heterocycles. The summed E-state index contributed by atoms with van der Waals surface area (Å²) < 4.78 is 0. The number of carbonyl (C=O) groups excluding carboxylic acids is 7. The van der Waals surface area contributed by atoms with Gasteiger partial charge in [0.05, 0.1) is 25.3 Å². The van der Waals surface area contributed by atoms with E-state index in [1.54, 1.807) is 12.1 Å². The molecule has 6 atom stereocenters. The van der Waals surface area contributed by atoms with Crippen LogP contribution in [0.25, 0.3) is 11.1 Å². The first-order chi connectivity index (χ1) is 32.8. The molecule has 16 heteroatoms. The van der Waals surface area contributed by atoms with Crippen molar-refractivity contribution in [3.63, 3.8) is 0 Å². The molecule has 0 unspecified atom stereocenters. The number of aliphatic hydroxyl groups is 2. The van der Waals surface area contributed by atoms with Crippen LogP contribution in [-0.2, 0) is 40.0 Å². The van der Waals surface area contributed by atoms with E-state index in [2.05, 4.69) is 22.9 Å². The summed E-state index contributed by atoms with van der Waals surface area (Å²) in [7, 11) is 2.82. The number of phenolic OH excluding ortho intramolecular Hbond substituents is 2. The molecule has 3 rings (SSSR count). The molecule has 1 aliphatic rings. The van der Waals surface area contributed by atoms with Gasteiger partial charge < -0.3 is 46.2 Å². The second-order valence-corrected chi connectivity index (χ2v) is 19.3. The van der Waals surface area contributed by atoms with E-state index >= 15 is 0 Å². The third-order valence-corrected chi connectivity index (χ3v) is 13.4. The number of nitrogens with zero attached hydrogens (tertiary/aromatic N) is 2. The molecule has 2 aromatic rings. The molecule has 2 aromatic carbocycles. The predicted molar refractivity (Wildman–Crippen MR) is 265 cm³/mol. The van der Waals surface area contributed by atoms with Crippen LogP contribution in [0.1, 0.15) is 161 Å². The molecule has 7 N–H and O–H groups in total. The van der Waals surface area contributed by atoms with Crippen LogP contribution in [0.15, 0.2) is 36.4 Å². The highest BCUT2D eigenvalue weighted by molar-refractivity contribution is 5.97. The Morgan fingerprint density at radius 2 is 1.28 bits per heavy atom. The highest BCUT2D eigenvalue weighted by Crippen LogP contribution is 2.39. The predicted octanol–water partition coefficient (Wildman–Crippen LogP) is 6.19. The Kier molecular flexibility index (Phi) is 24.9. The minimum Gasteiger partial charge on any atom is -0.507 e. The topological polar surface area (TPSA) is 243 Å². The van der Waals surface area contributed by atoms with Gasteiger partial charge in [-0.2, -0.15) is 0 Å². The number of phenols is 2. The average Bonchev–Trinajstić information content (AvgIpc) is 3.31. The summed E-state index contributed by atoms with van der Waals surface area (Å²) >= 11 is 0. The third kappa shape index (κ3) is 18.2. The Hall–Kier alpha value is -5.35. The lowest BCUT2D eigenvalue weighted by atomic mass is 9.89. The number of carbonyl (C=O) groups is 7. The van der Waals surface area contributed by atoms with Crippen LogP contribution in [0, 0.1) is 11.8 Å². The van der Waals surface area contributed by atoms with Gasteiger partial charge in [0.15, 0.2) is 11.6 Å². The zero-order valence-electron chi connectivity index (χ0n) is 42.2. The fraction of sp³-hybridized carbons (Fsp3) is 0.642. The number of ketones is 2. The van der Waals surface area contributed by atoms with E-state index < -0.39 is 77.9 Å². The number of Topliss-reactive ketones (excluding diaryl/α,β-unsaturated/α-hetero) is 2. The van der Waals surface area contributed by atoms with Gasteiger partial charge in [-0.3, -0.25) is 33.6 Å². The SMILES string of the molecule is CCCCCCCCCCCCCCCC(=O)N(C)[C@H](CO)C(=O)N[C@H](C)C(=O)CCC(=O)N(C)[C@@H]1C(=O)C[C@@H](C)C(=O)N[C@H](C(=O)N[C@@H](CO)C(C)C)Cc2ccc(O)c(c2)-c2cc1ccc2O. The summed E-state index contributed by atoms with van der Waals surface area (Å²) in [5, 5.41) is 50.2. The summed E-state index contributed by atoms with van der Waals surface area (Å²) in [5.74, 6) is -5.45. The van der Waals surface area contributed by atoms with Crippen molar-refractivity contribution >= 4 is 41.1 Å². The number of benzene rings is 2. The molecule has 384 valence electrons. The molecular weight excluding hydrogens is 883 g/mol. The van der Waals surface area contributed by atoms with Gasteiger partial charge in [-0.05, 0) is 54.7 Å². The number of amides is 5. The maximum atomic E-state index is 14.3. The molecular formula is C53H81N5O11. The van der Waals surface area contributed by atoms with Crippen molar-refractivity contribution in [1.82, 2.24) is 25.8 Å². The largest absolute Gasteiger partial charge is 0.507 e. The number of hydrogen-bond acceptors (Lipinski definition) is 11. The zero-order chi connectivity index (χ0) is 51.2. The van der Waals surface area contributed by atoms with E-state index in [1.807, 2.05) is 13.8 Å². The molecule has 0 saturated carbocycles. The first kappa shape index (κ1) is 58.0. The fourth-order valence-corrected chi connectivity index (χ4v) is 8.64. The van der Waals surface area contributed by atoms with Gasteiger partial charge in [0, 0.05) is 63.2 Å². The number of hydrogen-bond donors (Lipinski definition) is 7. The summed E-state index contributed by atoms with van der Waals surface area (Å²) in [6.45, 7) is 7.84. The summed E-state index contributed by atoms with van der Waals surface area (Å²) in [4.78, 5) is 97.4. The zero-order valence-corrected chi connectivity index (χ0v) is 42.2. The second kappa shape index (κ2) is 29.6. The molecule has 0 fully saturated rings. The van der Waals surface area contributed by atoms with Crippen molar-refractivity contribution in [3.8, 4) is 22.6 Å². The monoisotopic (exact) mass is 964 g/mol. The molecule has 0 aromatic heterocycles. The molecule has 0 spiro atoms. The van der Waals surface area contributed by atoms with E-state index in [-0.39, 0.29) is 78.7 Å². The average molecular weight is 964 g/mol. The first-order valence-electron chi connectivity index (χ1n) is 25.2. The fourth-order valence-electron chi connectivity index (χ4n) is 8.64. The number of aromatic hydroxyl groups is 2. The van der Waals surface area contributed by atoms with Gasteiger partial charge in [-0.15, -0.1) is 0 Å². The van der Waals surface area contributed by atoms with Crippen LogP contribution >= 0.6 is 0 Å². The van der Waals surface area contributed by atoms with Crippen LogP contribution in [0.3, 0.4) is 0 Å². The van der Waals surface area contributed by atoms with Crippen molar-refractivity contribution in [3.05, 3.63) is 47.5 Å². The van der Waals surface area contributed by atoms with Crippen LogP contribution in [0.2, 0.25) is 0 Å². The molecule has 0 aliphatic carbocycles. The molecule has 1 heterocycles. The van der Waals surface area contributed by atoms with Gasteiger partial charge in [0.1, 0.15) is 29.6 Å². The van der Waals surface area contributed by atoms with E-state index in [4.69, 9.17) is 0 Å². The van der Waals surface area contributed by atoms with E-state index in [0.717, 1.165) is 24.2 Å². The molecule has 16 nitrogen and oxygen atoms in total. The smallest absolute Gasteiger partial charge is 0.245 e. The Bertz CT molecular complexity index is 2020. The number of likely N-dealkylation sites (N-methyl/N-ethyl adjacent to an activating group) is 2. The maximum Gasteiger partial charge on any atom is 0.245 e. The van der Waals surface area contributed by atoms with Crippen molar-refractivity contribution in [1.29, 1.82) is 0 Å². The number of rotatable bonds is 27. The lowest BCUT2D eigenvalue weighted by Crippen LogP contribution is -2.53. The Labute approximate surface area is 409 Å². The van der Waals surface area contributed by atoms with Gasteiger partial charge in [-0.25, -0.2) is 0 Å². The van der Waals surface area contributed by atoms with Crippen LogP contribution in [0.5, 0.6) is 11.5 Å². The number of aliphatic hydroxyl groups excluding tert-OH is 2. The standard InChI is InChI=1S/C53H81N5O11/c1-8-9-10-11-12-13-14-15-16-17-18-19-20-21-48(65)57(6)43(33-60)53(69)54-36(5)44(61)26-27-49(66)58(7)50-38-23-25-46(63)40(31-38)39-29-37(22-24-45(39)62)30-41(52(68)56-42(32-59)34(2)3)55-51(67)35(4)28-47(50)64/h22-25,29,31,34-36,41-43,50,59-60,62-63H,8-21,26-28,30,32-33H2,1-7H3,(H,54,69)(H,55,67)(H,56,68)/t35-,36-,41+,42+,43-,50+/m1/s1. The Morgan fingerprint density at radius 1 is 0.710 bits per heavy atom. The van der Waals surface area contributed by atoms with Crippen molar-refractivity contribution < 1.29 is 54.0 Å². The molecule has 5 amide bonds. The van der Waals surface area contributed by atoms with Gasteiger partial charge >= 0.3 is 0 Å². The van der Waals surface area contributed by atoms with Crippen molar-refractivity contribution in [2.45, 2.75) is 180 Å². The number of fused-ring (bicyclic) bond motifs is 5. The van der Waals surface area contributed by atoms with E-state index in [0.29, 0.717) is 12.0 Å². The minimum atomic E-state index is -1.32. The third-order valence-electron chi connectivity index (χ3n) is 13.4. The quantitative estimate of drug-likeness (QED) is 0.0498. The summed E-state index contributed by atoms with van der Waals surface area (Å²) in [6.07, 6.45) is 14.3. The highest BCUT2D eigenvalue weighted by Gasteiger charge is 2.35. The van der Waals surface area contributed by atoms with Gasteiger partial charge in [-0.1, -0.05) is 117 Å². The lowest BCUT2D eigenvalue weighted by Gasteiger charge is -2.30.